The smallest absolute Gasteiger partial charge is 0.245 e. The van der Waals surface area contributed by atoms with Gasteiger partial charge in [0.1, 0.15) is 28.9 Å². The number of fused-ring (bicyclic) bond motifs is 6. The topological polar surface area (TPSA) is 109 Å². The molecule has 7 heterocycles. The first-order valence-electron chi connectivity index (χ1n) is 14.8. The minimum atomic E-state index is -0.817. The number of aryl methyl sites for hydroxylation is 1. The van der Waals surface area contributed by atoms with E-state index in [2.05, 4.69) is 35.9 Å². The van der Waals surface area contributed by atoms with Crippen LogP contribution in [0.5, 0.6) is 0 Å². The van der Waals surface area contributed by atoms with Crippen LogP contribution >= 0.6 is 0 Å². The zero-order chi connectivity index (χ0) is 30.7. The molecule has 2 atom stereocenters. The van der Waals surface area contributed by atoms with Crippen LogP contribution in [-0.4, -0.2) is 76.9 Å². The number of para-hydroxylation sites is 1. The second-order valence-corrected chi connectivity index (χ2v) is 11.4. The Balaban J connectivity index is 1.19. The van der Waals surface area contributed by atoms with E-state index in [-0.39, 0.29) is 23.5 Å². The Morgan fingerprint density at radius 3 is 2.78 bits per heavy atom. The molecule has 4 bridgehead atoms. The molecule has 1 N–H and O–H groups in total. The van der Waals surface area contributed by atoms with Gasteiger partial charge in [-0.3, -0.25) is 9.20 Å². The lowest BCUT2D eigenvalue weighted by Crippen LogP contribution is -2.45. The quantitative estimate of drug-likeness (QED) is 0.309. The van der Waals surface area contributed by atoms with Crippen molar-refractivity contribution in [2.75, 3.05) is 30.4 Å². The summed E-state index contributed by atoms with van der Waals surface area (Å²) in [5.41, 5.74) is 4.26. The van der Waals surface area contributed by atoms with Gasteiger partial charge in [0.15, 0.2) is 17.5 Å². The highest BCUT2D eigenvalue weighted by molar-refractivity contribution is 5.91. The lowest BCUT2D eigenvalue weighted by molar-refractivity contribution is -0.131. The summed E-state index contributed by atoms with van der Waals surface area (Å²) in [4.78, 5) is 40.4. The Labute approximate surface area is 256 Å². The van der Waals surface area contributed by atoms with E-state index in [1.165, 1.54) is 0 Å². The van der Waals surface area contributed by atoms with E-state index in [0.29, 0.717) is 43.2 Å². The molecule has 1 amide bonds. The molecule has 1 aromatic carbocycles. The summed E-state index contributed by atoms with van der Waals surface area (Å²) in [6.07, 6.45) is 8.87. The average Bonchev–Trinajstić information content (AvgIpc) is 3.78. The third-order valence-electron chi connectivity index (χ3n) is 8.60. The van der Waals surface area contributed by atoms with E-state index in [4.69, 9.17) is 4.98 Å². The molecule has 0 aliphatic carbocycles. The van der Waals surface area contributed by atoms with Crippen LogP contribution in [0.2, 0.25) is 0 Å². The van der Waals surface area contributed by atoms with Crippen molar-refractivity contribution in [3.8, 4) is 22.8 Å². The van der Waals surface area contributed by atoms with Crippen LogP contribution < -0.4 is 10.2 Å². The molecule has 13 heteroatoms. The number of hydrogen-bond acceptors (Lipinski definition) is 8. The molecule has 2 aliphatic rings. The second kappa shape index (κ2) is 10.6. The second-order valence-electron chi connectivity index (χ2n) is 11.4. The van der Waals surface area contributed by atoms with Crippen molar-refractivity contribution in [2.24, 2.45) is 0 Å². The number of imidazole rings is 2. The number of amides is 1. The van der Waals surface area contributed by atoms with Crippen molar-refractivity contribution in [2.45, 2.75) is 31.5 Å². The summed E-state index contributed by atoms with van der Waals surface area (Å²) < 4.78 is 32.1. The van der Waals surface area contributed by atoms with E-state index in [1.54, 1.807) is 27.9 Å². The maximum Gasteiger partial charge on any atom is 0.245 e. The Morgan fingerprint density at radius 2 is 1.89 bits per heavy atom. The number of aromatic nitrogens is 7. The van der Waals surface area contributed by atoms with Crippen LogP contribution in [0, 0.1) is 11.6 Å². The van der Waals surface area contributed by atoms with Crippen LogP contribution in [0.25, 0.3) is 39.3 Å². The van der Waals surface area contributed by atoms with Crippen molar-refractivity contribution < 1.29 is 13.6 Å². The van der Waals surface area contributed by atoms with E-state index in [9.17, 15) is 13.6 Å². The van der Waals surface area contributed by atoms with E-state index in [0.717, 1.165) is 41.0 Å². The zero-order valence-electron chi connectivity index (χ0n) is 24.3. The predicted octanol–water partition coefficient (Wildman–Crippen LogP) is 4.40. The molecule has 8 rings (SSSR count). The van der Waals surface area contributed by atoms with Crippen LogP contribution in [-0.2, 0) is 11.3 Å². The largest absolute Gasteiger partial charge is 0.365 e. The van der Waals surface area contributed by atoms with Gasteiger partial charge < -0.3 is 19.7 Å². The maximum absolute atomic E-state index is 14.7. The van der Waals surface area contributed by atoms with Gasteiger partial charge in [-0.05, 0) is 31.0 Å². The number of benzene rings is 1. The lowest BCUT2D eigenvalue weighted by atomic mass is 10.1. The van der Waals surface area contributed by atoms with Gasteiger partial charge in [0, 0.05) is 56.7 Å². The molecule has 0 radical (unpaired) electrons. The molecule has 0 saturated carbocycles. The first kappa shape index (κ1) is 27.1. The van der Waals surface area contributed by atoms with Gasteiger partial charge in [0.25, 0.3) is 0 Å². The molecule has 45 heavy (non-hydrogen) atoms. The standard InChI is InChI=1S/C32H28F2N10O/c1-41-10-4-11-42-18-38-24-7-2-5-21(29(24)42)23-6-3-8-27(40-23)39-20-14-25(32(41)45)44(17-20)30-26-16-37-31(43(26)12-9-35-30)28-22(34)13-19(33)15-36-28/h2-3,5-9,12-13,15-16,18,20,25H,4,10-11,14,17H2,1H3,(H,39,40)/t20-,25-/m0/s1. The normalized spacial score (nSPS) is 18.7. The van der Waals surface area contributed by atoms with Crippen molar-refractivity contribution in [1.29, 1.82) is 0 Å². The van der Waals surface area contributed by atoms with E-state index >= 15 is 0 Å². The number of hydrogen-bond donors (Lipinski definition) is 1. The van der Waals surface area contributed by atoms with Gasteiger partial charge >= 0.3 is 0 Å². The third kappa shape index (κ3) is 4.62. The average molecular weight is 607 g/mol. The highest BCUT2D eigenvalue weighted by atomic mass is 19.1. The fourth-order valence-corrected chi connectivity index (χ4v) is 6.52. The van der Waals surface area contributed by atoms with Gasteiger partial charge in [0.2, 0.25) is 5.91 Å². The third-order valence-corrected chi connectivity index (χ3v) is 8.60. The van der Waals surface area contributed by atoms with Crippen LogP contribution in [0.15, 0.2) is 73.6 Å². The minimum absolute atomic E-state index is 0.0261. The molecular formula is C32H28F2N10O. The molecule has 0 spiro atoms. The molecule has 2 aliphatic heterocycles. The number of halogens is 2. The molecule has 226 valence electrons. The first-order chi connectivity index (χ1) is 21.9. The summed E-state index contributed by atoms with van der Waals surface area (Å²) >= 11 is 0. The van der Waals surface area contributed by atoms with Gasteiger partial charge in [-0.25, -0.2) is 33.7 Å². The molecule has 11 nitrogen and oxygen atoms in total. The molecule has 0 unspecified atom stereocenters. The van der Waals surface area contributed by atoms with Gasteiger partial charge in [-0.1, -0.05) is 18.2 Å². The fourth-order valence-electron chi connectivity index (χ4n) is 6.52. The molecule has 6 aromatic rings. The number of carbonyl (C=O) groups is 1. The van der Waals surface area contributed by atoms with Crippen molar-refractivity contribution in [3.05, 3.63) is 85.2 Å². The molecule has 1 saturated heterocycles. The minimum Gasteiger partial charge on any atom is -0.365 e. The Bertz CT molecular complexity index is 2090. The highest BCUT2D eigenvalue weighted by Crippen LogP contribution is 2.33. The number of anilines is 2. The van der Waals surface area contributed by atoms with Crippen LogP contribution in [0.4, 0.5) is 20.4 Å². The van der Waals surface area contributed by atoms with Crippen molar-refractivity contribution >= 4 is 34.1 Å². The Kier molecular flexibility index (Phi) is 6.39. The summed E-state index contributed by atoms with van der Waals surface area (Å²) in [5.74, 6) is -0.164. The number of carbonyl (C=O) groups excluding carboxylic acids is 1. The fraction of sp³-hybridized carbons (Fsp3) is 0.250. The Morgan fingerprint density at radius 1 is 1.00 bits per heavy atom. The highest BCUT2D eigenvalue weighted by Gasteiger charge is 2.40. The Hall–Kier alpha value is -5.46. The summed E-state index contributed by atoms with van der Waals surface area (Å²) in [6.45, 7) is 1.71. The number of likely N-dealkylation sites (N-methyl/N-ethyl adjacent to an activating group) is 1. The lowest BCUT2D eigenvalue weighted by Gasteiger charge is -2.29. The van der Waals surface area contributed by atoms with Gasteiger partial charge in [-0.15, -0.1) is 0 Å². The summed E-state index contributed by atoms with van der Waals surface area (Å²) in [5, 5.41) is 3.57. The van der Waals surface area contributed by atoms with Gasteiger partial charge in [0.05, 0.1) is 35.4 Å². The molecule has 1 fully saturated rings. The summed E-state index contributed by atoms with van der Waals surface area (Å²) in [7, 11) is 1.83. The van der Waals surface area contributed by atoms with Gasteiger partial charge in [-0.2, -0.15) is 0 Å². The van der Waals surface area contributed by atoms with Crippen LogP contribution in [0.3, 0.4) is 0 Å². The maximum atomic E-state index is 14.7. The molecule has 5 aromatic heterocycles. The monoisotopic (exact) mass is 606 g/mol. The number of nitrogens with one attached hydrogen (secondary N) is 1. The van der Waals surface area contributed by atoms with Crippen molar-refractivity contribution in [3.63, 3.8) is 0 Å². The van der Waals surface area contributed by atoms with Crippen LogP contribution in [0.1, 0.15) is 12.8 Å². The van der Waals surface area contributed by atoms with Crippen molar-refractivity contribution in [1.82, 2.24) is 38.8 Å². The molecular weight excluding hydrogens is 578 g/mol. The number of nitrogens with zero attached hydrogens (tertiary/aromatic N) is 9. The zero-order valence-corrected chi connectivity index (χ0v) is 24.3. The number of rotatable bonds is 2. The summed E-state index contributed by atoms with van der Waals surface area (Å²) in [6, 6.07) is 12.1. The van der Waals surface area contributed by atoms with E-state index in [1.807, 2.05) is 48.6 Å². The number of pyridine rings is 2. The van der Waals surface area contributed by atoms with E-state index < -0.39 is 17.7 Å². The predicted molar refractivity (Wildman–Crippen MR) is 165 cm³/mol. The first-order valence-corrected chi connectivity index (χ1v) is 14.8. The SMILES string of the molecule is CN1CCCn2cnc3cccc(c32)-c2cccc(n2)N[C@H]2C[C@@H](C1=O)N(c1nccn3c(-c4ncc(F)cc4F)ncc13)C2.